The Balaban J connectivity index is 1.48. The molecule has 1 saturated heterocycles. The summed E-state index contributed by atoms with van der Waals surface area (Å²) in [5, 5.41) is 2.97. The molecule has 5 nitrogen and oxygen atoms in total. The van der Waals surface area contributed by atoms with Gasteiger partial charge in [-0.25, -0.2) is 9.97 Å². The second-order valence-corrected chi connectivity index (χ2v) is 7.00. The predicted molar refractivity (Wildman–Crippen MR) is 116 cm³/mol. The van der Waals surface area contributed by atoms with Crippen LogP contribution in [0.5, 0.6) is 0 Å². The van der Waals surface area contributed by atoms with Gasteiger partial charge in [-0.3, -0.25) is 4.98 Å². The van der Waals surface area contributed by atoms with Gasteiger partial charge in [0, 0.05) is 50.0 Å². The molecule has 1 N–H and O–H groups in total. The normalized spacial score (nSPS) is 14.4. The smallest absolute Gasteiger partial charge is 0.222 e. The molecule has 3 aromatic rings. The van der Waals surface area contributed by atoms with Crippen molar-refractivity contribution in [3.8, 4) is 11.3 Å². The summed E-state index contributed by atoms with van der Waals surface area (Å²) in [4.78, 5) is 15.5. The van der Waals surface area contributed by atoms with Crippen molar-refractivity contribution in [2.24, 2.45) is 0 Å². The summed E-state index contributed by atoms with van der Waals surface area (Å²) in [5.41, 5.74) is 5.38. The molecule has 0 amide bonds. The maximum absolute atomic E-state index is 4.48. The lowest BCUT2D eigenvalue weighted by Crippen LogP contribution is -2.29. The number of pyridine rings is 1. The van der Waals surface area contributed by atoms with E-state index in [1.54, 1.807) is 6.20 Å². The first kappa shape index (κ1) is 18.2. The topological polar surface area (TPSA) is 53.9 Å². The highest BCUT2D eigenvalue weighted by Gasteiger charge is 2.10. The van der Waals surface area contributed by atoms with E-state index in [4.69, 9.17) is 0 Å². The molecular formula is C23H25N5. The van der Waals surface area contributed by atoms with Gasteiger partial charge < -0.3 is 10.2 Å². The minimum Gasteiger partial charge on any atom is -0.372 e. The number of rotatable bonds is 5. The molecular weight excluding hydrogens is 346 g/mol. The Morgan fingerprint density at radius 3 is 2.50 bits per heavy atom. The van der Waals surface area contributed by atoms with E-state index in [-0.39, 0.29) is 0 Å². The van der Waals surface area contributed by atoms with Gasteiger partial charge in [0.2, 0.25) is 5.95 Å². The van der Waals surface area contributed by atoms with Crippen molar-refractivity contribution in [1.29, 1.82) is 0 Å². The first-order chi connectivity index (χ1) is 13.8. The van der Waals surface area contributed by atoms with Crippen LogP contribution in [0.1, 0.15) is 30.4 Å². The largest absolute Gasteiger partial charge is 0.372 e. The third-order valence-electron chi connectivity index (χ3n) is 5.02. The van der Waals surface area contributed by atoms with Crippen molar-refractivity contribution in [2.75, 3.05) is 30.4 Å². The standard InChI is InChI=1S/C23H25N5/c1-24-23-26-12-11-22(27-23)20-15-19(16-25-17-20)6-5-18-7-9-21(10-8-18)28-13-3-2-4-14-28/h5-12,15-17H,2-4,13-14H2,1H3,(H,24,26,27). The fourth-order valence-electron chi connectivity index (χ4n) is 3.47. The number of anilines is 2. The van der Waals surface area contributed by atoms with Crippen molar-refractivity contribution in [1.82, 2.24) is 15.0 Å². The summed E-state index contributed by atoms with van der Waals surface area (Å²) in [7, 11) is 1.81. The molecule has 0 aliphatic carbocycles. The zero-order chi connectivity index (χ0) is 19.2. The van der Waals surface area contributed by atoms with E-state index in [9.17, 15) is 0 Å². The molecule has 142 valence electrons. The van der Waals surface area contributed by atoms with Crippen LogP contribution in [-0.4, -0.2) is 35.1 Å². The van der Waals surface area contributed by atoms with E-state index in [1.807, 2.05) is 25.5 Å². The molecule has 0 saturated carbocycles. The average Bonchev–Trinajstić information content (AvgIpc) is 2.79. The zero-order valence-electron chi connectivity index (χ0n) is 16.2. The monoisotopic (exact) mass is 371 g/mol. The number of hydrogen-bond acceptors (Lipinski definition) is 5. The van der Waals surface area contributed by atoms with Gasteiger partial charge >= 0.3 is 0 Å². The van der Waals surface area contributed by atoms with Crippen molar-refractivity contribution < 1.29 is 0 Å². The molecule has 0 spiro atoms. The number of hydrogen-bond donors (Lipinski definition) is 1. The maximum Gasteiger partial charge on any atom is 0.222 e. The first-order valence-electron chi connectivity index (χ1n) is 9.81. The lowest BCUT2D eigenvalue weighted by molar-refractivity contribution is 0.578. The van der Waals surface area contributed by atoms with E-state index < -0.39 is 0 Å². The number of piperidine rings is 1. The molecule has 1 aliphatic rings. The molecule has 3 heterocycles. The molecule has 1 aliphatic heterocycles. The number of nitrogens with zero attached hydrogens (tertiary/aromatic N) is 4. The highest BCUT2D eigenvalue weighted by Crippen LogP contribution is 2.22. The van der Waals surface area contributed by atoms with Crippen molar-refractivity contribution in [3.05, 3.63) is 66.1 Å². The fraction of sp³-hybridized carbons (Fsp3) is 0.261. The van der Waals surface area contributed by atoms with E-state index >= 15 is 0 Å². The van der Waals surface area contributed by atoms with Crippen LogP contribution in [0.3, 0.4) is 0 Å². The average molecular weight is 371 g/mol. The lowest BCUT2D eigenvalue weighted by atomic mass is 10.1. The molecule has 4 rings (SSSR count). The summed E-state index contributed by atoms with van der Waals surface area (Å²) >= 11 is 0. The number of aromatic nitrogens is 3. The van der Waals surface area contributed by atoms with Crippen LogP contribution < -0.4 is 10.2 Å². The van der Waals surface area contributed by atoms with Crippen molar-refractivity contribution in [2.45, 2.75) is 19.3 Å². The maximum atomic E-state index is 4.48. The van der Waals surface area contributed by atoms with Crippen molar-refractivity contribution in [3.63, 3.8) is 0 Å². The second-order valence-electron chi connectivity index (χ2n) is 7.00. The van der Waals surface area contributed by atoms with Gasteiger partial charge in [0.1, 0.15) is 0 Å². The third kappa shape index (κ3) is 4.36. The highest BCUT2D eigenvalue weighted by atomic mass is 15.1. The molecule has 5 heteroatoms. The third-order valence-corrected chi connectivity index (χ3v) is 5.02. The predicted octanol–water partition coefficient (Wildman–Crippen LogP) is 4.74. The Morgan fingerprint density at radius 1 is 0.929 bits per heavy atom. The summed E-state index contributed by atoms with van der Waals surface area (Å²) in [5.74, 6) is 0.604. The van der Waals surface area contributed by atoms with Crippen LogP contribution in [0.2, 0.25) is 0 Å². The lowest BCUT2D eigenvalue weighted by Gasteiger charge is -2.28. The first-order valence-corrected chi connectivity index (χ1v) is 9.81. The summed E-state index contributed by atoms with van der Waals surface area (Å²) in [6, 6.07) is 12.8. The van der Waals surface area contributed by atoms with Crippen LogP contribution in [0.4, 0.5) is 11.6 Å². The zero-order valence-corrected chi connectivity index (χ0v) is 16.2. The van der Waals surface area contributed by atoms with Crippen LogP contribution in [-0.2, 0) is 0 Å². The minimum absolute atomic E-state index is 0.604. The second kappa shape index (κ2) is 8.65. The Bertz CT molecular complexity index is 943. The van der Waals surface area contributed by atoms with E-state index in [0.29, 0.717) is 5.95 Å². The minimum atomic E-state index is 0.604. The van der Waals surface area contributed by atoms with Gasteiger partial charge in [-0.2, -0.15) is 0 Å². The van der Waals surface area contributed by atoms with Crippen LogP contribution >= 0.6 is 0 Å². The number of nitrogens with one attached hydrogen (secondary N) is 1. The van der Waals surface area contributed by atoms with Crippen LogP contribution in [0, 0.1) is 0 Å². The summed E-state index contributed by atoms with van der Waals surface area (Å²) in [6.45, 7) is 2.35. The van der Waals surface area contributed by atoms with Gasteiger partial charge in [-0.1, -0.05) is 24.3 Å². The quantitative estimate of drug-likeness (QED) is 0.702. The fourth-order valence-corrected chi connectivity index (χ4v) is 3.47. The van der Waals surface area contributed by atoms with E-state index in [0.717, 1.165) is 16.8 Å². The van der Waals surface area contributed by atoms with Crippen molar-refractivity contribution >= 4 is 23.8 Å². The Kier molecular flexibility index (Phi) is 5.61. The van der Waals surface area contributed by atoms with Crippen LogP contribution in [0.15, 0.2) is 55.0 Å². The van der Waals surface area contributed by atoms with Gasteiger partial charge in [0.15, 0.2) is 0 Å². The molecule has 1 aromatic carbocycles. The Morgan fingerprint density at radius 2 is 1.71 bits per heavy atom. The highest BCUT2D eigenvalue weighted by molar-refractivity contribution is 5.72. The molecule has 1 fully saturated rings. The molecule has 0 radical (unpaired) electrons. The molecule has 28 heavy (non-hydrogen) atoms. The Labute approximate surface area is 166 Å². The molecule has 0 unspecified atom stereocenters. The van der Waals surface area contributed by atoms with Crippen LogP contribution in [0.25, 0.3) is 23.4 Å². The summed E-state index contributed by atoms with van der Waals surface area (Å²) < 4.78 is 0. The van der Waals surface area contributed by atoms with E-state index in [2.05, 4.69) is 67.7 Å². The SMILES string of the molecule is CNc1nccc(-c2cncc(C=Cc3ccc(N4CCCCC4)cc3)c2)n1. The number of benzene rings is 1. The molecule has 2 aromatic heterocycles. The van der Waals surface area contributed by atoms with Gasteiger partial charge in [0.05, 0.1) is 5.69 Å². The van der Waals surface area contributed by atoms with Gasteiger partial charge in [-0.15, -0.1) is 0 Å². The van der Waals surface area contributed by atoms with E-state index in [1.165, 1.54) is 43.6 Å². The Hall–Kier alpha value is -3.21. The summed E-state index contributed by atoms with van der Waals surface area (Å²) in [6.07, 6.45) is 13.6. The van der Waals surface area contributed by atoms with Gasteiger partial charge in [-0.05, 0) is 54.7 Å². The molecule has 0 bridgehead atoms. The van der Waals surface area contributed by atoms with Gasteiger partial charge in [0.25, 0.3) is 0 Å². The molecule has 0 atom stereocenters.